The Morgan fingerprint density at radius 1 is 1.71 bits per heavy atom. The Hall–Kier alpha value is -0.550. The Labute approximate surface area is 88.5 Å². The van der Waals surface area contributed by atoms with E-state index in [-0.39, 0.29) is 0 Å². The van der Waals surface area contributed by atoms with Crippen LogP contribution in [0.5, 0.6) is 0 Å². The van der Waals surface area contributed by atoms with Crippen LogP contribution in [0.3, 0.4) is 0 Å². The van der Waals surface area contributed by atoms with Crippen LogP contribution < -0.4 is 5.32 Å². The second-order valence-electron chi connectivity index (χ2n) is 3.75. The predicted molar refractivity (Wildman–Crippen MR) is 57.3 cm³/mol. The number of hydrogen-bond acceptors (Lipinski definition) is 4. The van der Waals surface area contributed by atoms with E-state index in [1.165, 1.54) is 19.4 Å². The van der Waals surface area contributed by atoms with Crippen molar-refractivity contribution >= 4 is 11.8 Å². The summed E-state index contributed by atoms with van der Waals surface area (Å²) < 4.78 is 1.97. The Kier molecular flexibility index (Phi) is 3.42. The van der Waals surface area contributed by atoms with Crippen LogP contribution >= 0.6 is 11.8 Å². The van der Waals surface area contributed by atoms with Crippen LogP contribution in [0.4, 0.5) is 0 Å². The zero-order chi connectivity index (χ0) is 9.80. The first-order valence-electron chi connectivity index (χ1n) is 5.04. The smallest absolute Gasteiger partial charge is 0.190 e. The van der Waals surface area contributed by atoms with Gasteiger partial charge in [0, 0.05) is 12.8 Å². The fourth-order valence-corrected chi connectivity index (χ4v) is 2.69. The third kappa shape index (κ3) is 2.48. The molecule has 1 aromatic rings. The minimum atomic E-state index is 0.797. The van der Waals surface area contributed by atoms with E-state index >= 15 is 0 Å². The topological polar surface area (TPSA) is 42.7 Å². The zero-order valence-corrected chi connectivity index (χ0v) is 9.26. The minimum absolute atomic E-state index is 0.797. The number of nitrogens with zero attached hydrogens (tertiary/aromatic N) is 3. The average molecular weight is 212 g/mol. The molecule has 0 aliphatic carbocycles. The molecule has 14 heavy (non-hydrogen) atoms. The third-order valence-corrected chi connectivity index (χ3v) is 3.78. The molecule has 0 bridgehead atoms. The van der Waals surface area contributed by atoms with Crippen LogP contribution in [-0.4, -0.2) is 33.6 Å². The molecule has 1 fully saturated rings. The van der Waals surface area contributed by atoms with Crippen LogP contribution in [0.1, 0.15) is 12.8 Å². The molecule has 1 atom stereocenters. The number of piperidine rings is 1. The number of aromatic nitrogens is 3. The van der Waals surface area contributed by atoms with Gasteiger partial charge in [0.2, 0.25) is 0 Å². The van der Waals surface area contributed by atoms with Gasteiger partial charge >= 0.3 is 0 Å². The summed E-state index contributed by atoms with van der Waals surface area (Å²) in [5.74, 6) is 1.95. The van der Waals surface area contributed by atoms with Crippen molar-refractivity contribution in [3.8, 4) is 0 Å². The van der Waals surface area contributed by atoms with E-state index < -0.39 is 0 Å². The van der Waals surface area contributed by atoms with Crippen molar-refractivity contribution in [1.82, 2.24) is 20.1 Å². The monoisotopic (exact) mass is 212 g/mol. The highest BCUT2D eigenvalue weighted by Gasteiger charge is 2.14. The number of hydrogen-bond donors (Lipinski definition) is 1. The average Bonchev–Trinajstić information content (AvgIpc) is 2.63. The van der Waals surface area contributed by atoms with Gasteiger partial charge in [-0.1, -0.05) is 11.8 Å². The summed E-state index contributed by atoms with van der Waals surface area (Å²) in [6.07, 6.45) is 4.41. The summed E-state index contributed by atoms with van der Waals surface area (Å²) in [4.78, 5) is 0. The van der Waals surface area contributed by atoms with Gasteiger partial charge in [0.1, 0.15) is 6.33 Å². The van der Waals surface area contributed by atoms with Crippen molar-refractivity contribution in [1.29, 1.82) is 0 Å². The van der Waals surface area contributed by atoms with Gasteiger partial charge in [-0.05, 0) is 31.8 Å². The summed E-state index contributed by atoms with van der Waals surface area (Å²) in [6.45, 7) is 2.34. The predicted octanol–water partition coefficient (Wildman–Crippen LogP) is 0.907. The maximum absolute atomic E-state index is 4.06. The maximum Gasteiger partial charge on any atom is 0.190 e. The molecular weight excluding hydrogens is 196 g/mol. The highest BCUT2D eigenvalue weighted by molar-refractivity contribution is 7.99. The SMILES string of the molecule is Cn1cnnc1SCC1CCCNC1. The van der Waals surface area contributed by atoms with Crippen LogP contribution in [0.2, 0.25) is 0 Å². The summed E-state index contributed by atoms with van der Waals surface area (Å²) >= 11 is 1.81. The lowest BCUT2D eigenvalue weighted by atomic mass is 10.0. The molecule has 0 radical (unpaired) electrons. The second kappa shape index (κ2) is 4.79. The van der Waals surface area contributed by atoms with Crippen molar-refractivity contribution in [3.63, 3.8) is 0 Å². The fraction of sp³-hybridized carbons (Fsp3) is 0.778. The molecule has 2 rings (SSSR count). The first-order chi connectivity index (χ1) is 6.86. The minimum Gasteiger partial charge on any atom is -0.316 e. The van der Waals surface area contributed by atoms with E-state index in [0.29, 0.717) is 0 Å². The molecule has 1 saturated heterocycles. The Balaban J connectivity index is 1.79. The van der Waals surface area contributed by atoms with Gasteiger partial charge in [0.05, 0.1) is 0 Å². The fourth-order valence-electron chi connectivity index (χ4n) is 1.66. The normalized spacial score (nSPS) is 22.5. The largest absolute Gasteiger partial charge is 0.316 e. The van der Waals surface area contributed by atoms with Crippen molar-refractivity contribution in [3.05, 3.63) is 6.33 Å². The van der Waals surface area contributed by atoms with Gasteiger partial charge in [-0.2, -0.15) is 0 Å². The van der Waals surface area contributed by atoms with E-state index in [2.05, 4.69) is 15.5 Å². The third-order valence-electron chi connectivity index (χ3n) is 2.52. The molecule has 0 spiro atoms. The Morgan fingerprint density at radius 2 is 2.64 bits per heavy atom. The molecule has 4 nitrogen and oxygen atoms in total. The van der Waals surface area contributed by atoms with Crippen molar-refractivity contribution in [2.45, 2.75) is 18.0 Å². The van der Waals surface area contributed by atoms with Crippen LogP contribution in [-0.2, 0) is 7.05 Å². The number of nitrogens with one attached hydrogen (secondary N) is 1. The number of aryl methyl sites for hydroxylation is 1. The lowest BCUT2D eigenvalue weighted by Gasteiger charge is -2.21. The van der Waals surface area contributed by atoms with Crippen molar-refractivity contribution in [2.24, 2.45) is 13.0 Å². The first-order valence-corrected chi connectivity index (χ1v) is 6.02. The first kappa shape index (κ1) is 9.98. The van der Waals surface area contributed by atoms with Crippen LogP contribution in [0, 0.1) is 5.92 Å². The van der Waals surface area contributed by atoms with Gasteiger partial charge in [-0.3, -0.25) is 0 Å². The Bertz CT molecular complexity index is 280. The summed E-state index contributed by atoms with van der Waals surface area (Å²) in [5.41, 5.74) is 0. The quantitative estimate of drug-likeness (QED) is 0.756. The van der Waals surface area contributed by atoms with Gasteiger partial charge < -0.3 is 9.88 Å². The molecule has 1 aliphatic rings. The second-order valence-corrected chi connectivity index (χ2v) is 4.73. The molecule has 0 saturated carbocycles. The van der Waals surface area contributed by atoms with E-state index in [1.807, 2.05) is 23.4 Å². The maximum atomic E-state index is 4.06. The van der Waals surface area contributed by atoms with E-state index in [4.69, 9.17) is 0 Å². The van der Waals surface area contributed by atoms with E-state index in [9.17, 15) is 0 Å². The molecule has 1 unspecified atom stereocenters. The van der Waals surface area contributed by atoms with Gasteiger partial charge in [-0.25, -0.2) is 0 Å². The summed E-state index contributed by atoms with van der Waals surface area (Å²) in [6, 6.07) is 0. The summed E-state index contributed by atoms with van der Waals surface area (Å²) in [5, 5.41) is 12.4. The van der Waals surface area contributed by atoms with E-state index in [1.54, 1.807) is 6.33 Å². The molecule has 1 aromatic heterocycles. The molecule has 78 valence electrons. The molecule has 1 aliphatic heterocycles. The highest BCUT2D eigenvalue weighted by Crippen LogP contribution is 2.21. The highest BCUT2D eigenvalue weighted by atomic mass is 32.2. The lowest BCUT2D eigenvalue weighted by molar-refractivity contribution is 0.410. The zero-order valence-electron chi connectivity index (χ0n) is 8.44. The van der Waals surface area contributed by atoms with Gasteiger partial charge in [-0.15, -0.1) is 10.2 Å². The molecule has 0 amide bonds. The molecular formula is C9H16N4S. The van der Waals surface area contributed by atoms with Crippen molar-refractivity contribution < 1.29 is 0 Å². The molecule has 1 N–H and O–H groups in total. The summed E-state index contributed by atoms with van der Waals surface area (Å²) in [7, 11) is 1.99. The van der Waals surface area contributed by atoms with Crippen LogP contribution in [0.15, 0.2) is 11.5 Å². The van der Waals surface area contributed by atoms with Gasteiger partial charge in [0.15, 0.2) is 5.16 Å². The number of thioether (sulfide) groups is 1. The molecule has 5 heteroatoms. The number of rotatable bonds is 3. The molecule has 2 heterocycles. The lowest BCUT2D eigenvalue weighted by Crippen LogP contribution is -2.30. The van der Waals surface area contributed by atoms with Crippen LogP contribution in [0.25, 0.3) is 0 Å². The van der Waals surface area contributed by atoms with Gasteiger partial charge in [0.25, 0.3) is 0 Å². The molecule has 0 aromatic carbocycles. The van der Waals surface area contributed by atoms with E-state index in [0.717, 1.165) is 23.4 Å². The Morgan fingerprint density at radius 3 is 3.29 bits per heavy atom. The standard InChI is InChI=1S/C9H16N4S/c1-13-7-11-12-9(13)14-6-8-3-2-4-10-5-8/h7-8,10H,2-6H2,1H3. The van der Waals surface area contributed by atoms with Crippen molar-refractivity contribution in [2.75, 3.05) is 18.8 Å².